The van der Waals surface area contributed by atoms with Crippen molar-refractivity contribution < 1.29 is 9.68 Å². The van der Waals surface area contributed by atoms with E-state index in [9.17, 15) is 0 Å². The van der Waals surface area contributed by atoms with Gasteiger partial charge in [0, 0.05) is 16.6 Å². The Morgan fingerprint density at radius 3 is 2.96 bits per heavy atom. The van der Waals surface area contributed by atoms with Crippen LogP contribution in [-0.2, 0) is 9.68 Å². The SMILES string of the molecule is C=C(/C=C\ON)Nc1ncnc2ccc(/C(C#CC)=N/OC)cc12. The third-order valence-electron chi connectivity index (χ3n) is 2.96. The van der Waals surface area contributed by atoms with Crippen LogP contribution in [0.1, 0.15) is 12.5 Å². The first-order valence-corrected chi connectivity index (χ1v) is 6.96. The van der Waals surface area contributed by atoms with Crippen LogP contribution in [0.5, 0.6) is 0 Å². The van der Waals surface area contributed by atoms with Crippen LogP contribution in [-0.4, -0.2) is 22.8 Å². The quantitative estimate of drug-likeness (QED) is 0.278. The van der Waals surface area contributed by atoms with E-state index < -0.39 is 0 Å². The minimum absolute atomic E-state index is 0.520. The average molecular weight is 323 g/mol. The summed E-state index contributed by atoms with van der Waals surface area (Å²) < 4.78 is 0. The molecular formula is C17H17N5O2. The highest BCUT2D eigenvalue weighted by molar-refractivity contribution is 6.14. The van der Waals surface area contributed by atoms with E-state index in [1.54, 1.807) is 13.0 Å². The monoisotopic (exact) mass is 323 g/mol. The van der Waals surface area contributed by atoms with Crippen molar-refractivity contribution in [1.29, 1.82) is 0 Å². The molecule has 0 aliphatic heterocycles. The van der Waals surface area contributed by atoms with Crippen LogP contribution in [0.15, 0.2) is 54.3 Å². The summed E-state index contributed by atoms with van der Waals surface area (Å²) >= 11 is 0. The second-order valence-corrected chi connectivity index (χ2v) is 4.54. The van der Waals surface area contributed by atoms with Gasteiger partial charge in [-0.05, 0) is 37.1 Å². The molecule has 1 aromatic heterocycles. The van der Waals surface area contributed by atoms with Crippen LogP contribution < -0.4 is 11.2 Å². The molecule has 2 rings (SSSR count). The van der Waals surface area contributed by atoms with Gasteiger partial charge < -0.3 is 15.0 Å². The second-order valence-electron chi connectivity index (χ2n) is 4.54. The number of oxime groups is 1. The highest BCUT2D eigenvalue weighted by atomic mass is 16.6. The summed E-state index contributed by atoms with van der Waals surface area (Å²) in [6, 6.07) is 5.62. The maximum Gasteiger partial charge on any atom is 0.159 e. The zero-order valence-electron chi connectivity index (χ0n) is 13.4. The molecule has 7 nitrogen and oxygen atoms in total. The van der Waals surface area contributed by atoms with Crippen molar-refractivity contribution in [1.82, 2.24) is 9.97 Å². The van der Waals surface area contributed by atoms with E-state index in [0.717, 1.165) is 16.5 Å². The van der Waals surface area contributed by atoms with Gasteiger partial charge in [0.2, 0.25) is 0 Å². The number of nitrogens with two attached hydrogens (primary N) is 1. The molecule has 0 aliphatic carbocycles. The topological polar surface area (TPSA) is 94.7 Å². The van der Waals surface area contributed by atoms with Crippen LogP contribution in [0.2, 0.25) is 0 Å². The van der Waals surface area contributed by atoms with Crippen LogP contribution in [0, 0.1) is 11.8 Å². The number of nitrogens with one attached hydrogen (secondary N) is 1. The molecular weight excluding hydrogens is 306 g/mol. The van der Waals surface area contributed by atoms with Crippen molar-refractivity contribution in [3.05, 3.63) is 54.7 Å². The Morgan fingerprint density at radius 2 is 2.25 bits per heavy atom. The van der Waals surface area contributed by atoms with Crippen molar-refractivity contribution in [2.75, 3.05) is 12.4 Å². The number of hydrogen-bond donors (Lipinski definition) is 2. The van der Waals surface area contributed by atoms with Gasteiger partial charge in [-0.25, -0.2) is 9.97 Å². The third-order valence-corrected chi connectivity index (χ3v) is 2.96. The molecule has 0 radical (unpaired) electrons. The molecule has 0 atom stereocenters. The summed E-state index contributed by atoms with van der Waals surface area (Å²) in [6.45, 7) is 5.59. The first kappa shape index (κ1) is 17.0. The van der Waals surface area contributed by atoms with Crippen molar-refractivity contribution in [2.24, 2.45) is 11.1 Å². The molecule has 0 saturated carbocycles. The predicted octanol–water partition coefficient (Wildman–Crippen LogP) is 2.33. The number of rotatable bonds is 6. The summed E-state index contributed by atoms with van der Waals surface area (Å²) in [5.41, 5.74) is 2.64. The summed E-state index contributed by atoms with van der Waals surface area (Å²) in [7, 11) is 1.48. The third kappa shape index (κ3) is 4.09. The largest absolute Gasteiger partial charge is 0.419 e. The summed E-state index contributed by atoms with van der Waals surface area (Å²) in [5, 5.41) is 7.81. The second kappa shape index (κ2) is 8.31. The molecule has 0 aliphatic rings. The average Bonchev–Trinajstić information content (AvgIpc) is 2.60. The van der Waals surface area contributed by atoms with Crippen molar-refractivity contribution in [3.8, 4) is 11.8 Å². The van der Waals surface area contributed by atoms with Crippen molar-refractivity contribution in [2.45, 2.75) is 6.92 Å². The van der Waals surface area contributed by atoms with Crippen LogP contribution in [0.4, 0.5) is 5.82 Å². The Morgan fingerprint density at radius 1 is 1.42 bits per heavy atom. The molecule has 0 unspecified atom stereocenters. The van der Waals surface area contributed by atoms with Crippen molar-refractivity contribution in [3.63, 3.8) is 0 Å². The molecule has 0 fully saturated rings. The van der Waals surface area contributed by atoms with Gasteiger partial charge in [-0.1, -0.05) is 17.7 Å². The van der Waals surface area contributed by atoms with Gasteiger partial charge in [0.1, 0.15) is 25.5 Å². The maximum absolute atomic E-state index is 4.95. The zero-order valence-corrected chi connectivity index (χ0v) is 13.4. The van der Waals surface area contributed by atoms with Gasteiger partial charge in [-0.2, -0.15) is 5.90 Å². The highest BCUT2D eigenvalue weighted by Crippen LogP contribution is 2.22. The van der Waals surface area contributed by atoms with E-state index in [2.05, 4.69) is 43.7 Å². The van der Waals surface area contributed by atoms with Crippen molar-refractivity contribution >= 4 is 22.4 Å². The van der Waals surface area contributed by atoms with E-state index in [4.69, 9.17) is 10.7 Å². The molecule has 24 heavy (non-hydrogen) atoms. The first-order chi connectivity index (χ1) is 11.7. The number of nitrogens with zero attached hydrogens (tertiary/aromatic N) is 3. The normalized spacial score (nSPS) is 11.0. The van der Waals surface area contributed by atoms with Gasteiger partial charge in [-0.15, -0.1) is 0 Å². The number of hydrogen-bond acceptors (Lipinski definition) is 7. The number of fused-ring (bicyclic) bond motifs is 1. The predicted molar refractivity (Wildman–Crippen MR) is 93.7 cm³/mol. The minimum atomic E-state index is 0.520. The van der Waals surface area contributed by atoms with Crippen LogP contribution >= 0.6 is 0 Å². The minimum Gasteiger partial charge on any atom is -0.419 e. The first-order valence-electron chi connectivity index (χ1n) is 6.96. The van der Waals surface area contributed by atoms with Crippen LogP contribution in [0.25, 0.3) is 10.9 Å². The van der Waals surface area contributed by atoms with Gasteiger partial charge in [-0.3, -0.25) is 0 Å². The fourth-order valence-electron chi connectivity index (χ4n) is 1.98. The number of anilines is 1. The molecule has 0 saturated heterocycles. The van der Waals surface area contributed by atoms with E-state index in [1.165, 1.54) is 19.7 Å². The fraction of sp³-hybridized carbons (Fsp3) is 0.118. The molecule has 0 amide bonds. The maximum atomic E-state index is 4.95. The lowest BCUT2D eigenvalue weighted by atomic mass is 10.1. The Hall–Kier alpha value is -3.37. The Labute approximate surface area is 139 Å². The molecule has 2 aromatic rings. The number of allylic oxidation sites excluding steroid dienone is 1. The smallest absolute Gasteiger partial charge is 0.159 e. The molecule has 122 valence electrons. The Bertz CT molecular complexity index is 862. The molecule has 1 aromatic carbocycles. The lowest BCUT2D eigenvalue weighted by Crippen LogP contribution is -2.02. The number of aromatic nitrogens is 2. The van der Waals surface area contributed by atoms with E-state index in [1.807, 2.05) is 18.2 Å². The molecule has 0 spiro atoms. The van der Waals surface area contributed by atoms with Gasteiger partial charge >= 0.3 is 0 Å². The van der Waals surface area contributed by atoms with Crippen LogP contribution in [0.3, 0.4) is 0 Å². The lowest BCUT2D eigenvalue weighted by molar-refractivity contribution is 0.214. The summed E-state index contributed by atoms with van der Waals surface area (Å²) in [6.07, 6.45) is 4.36. The Balaban J connectivity index is 2.48. The molecule has 3 N–H and O–H groups in total. The zero-order chi connectivity index (χ0) is 17.4. The molecule has 1 heterocycles. The van der Waals surface area contributed by atoms with Gasteiger partial charge in [0.25, 0.3) is 0 Å². The lowest BCUT2D eigenvalue weighted by Gasteiger charge is -2.09. The van der Waals surface area contributed by atoms with E-state index >= 15 is 0 Å². The number of benzene rings is 1. The Kier molecular flexibility index (Phi) is 5.88. The van der Waals surface area contributed by atoms with Gasteiger partial charge in [0.15, 0.2) is 5.71 Å². The van der Waals surface area contributed by atoms with Gasteiger partial charge in [0.05, 0.1) is 5.52 Å². The summed E-state index contributed by atoms with van der Waals surface area (Å²) in [5.74, 6) is 11.3. The standard InChI is InChI=1S/C17H17N5O2/c1-4-5-15(22-23-3)13-6-7-16-14(10-13)17(20-11-19-16)21-12(2)8-9-24-18/h6-11H,2,18H2,1,3H3,(H,19,20,21)/b9-8-,22-15+. The fourth-order valence-corrected chi connectivity index (χ4v) is 1.98. The molecule has 0 bridgehead atoms. The van der Waals surface area contributed by atoms with E-state index in [-0.39, 0.29) is 0 Å². The summed E-state index contributed by atoms with van der Waals surface area (Å²) in [4.78, 5) is 17.7. The highest BCUT2D eigenvalue weighted by Gasteiger charge is 2.08. The molecule has 7 heteroatoms. The van der Waals surface area contributed by atoms with E-state index in [0.29, 0.717) is 17.2 Å².